The molecule has 0 atom stereocenters. The molecule has 0 bridgehead atoms. The van der Waals surface area contributed by atoms with Crippen molar-refractivity contribution in [1.29, 1.82) is 0 Å². The van der Waals surface area contributed by atoms with E-state index < -0.39 is 23.4 Å². The summed E-state index contributed by atoms with van der Waals surface area (Å²) in [6.45, 7) is -0.347. The lowest BCUT2D eigenvalue weighted by Crippen LogP contribution is -2.42. The van der Waals surface area contributed by atoms with Crippen molar-refractivity contribution in [2.45, 2.75) is 30.7 Å². The van der Waals surface area contributed by atoms with Crippen LogP contribution in [0.15, 0.2) is 35.1 Å². The smallest absolute Gasteiger partial charge is 0.302 e. The van der Waals surface area contributed by atoms with Crippen molar-refractivity contribution in [1.82, 2.24) is 15.3 Å². The van der Waals surface area contributed by atoms with E-state index in [2.05, 4.69) is 15.3 Å². The Morgan fingerprint density at radius 1 is 1.14 bits per heavy atom. The third-order valence-electron chi connectivity index (χ3n) is 4.54. The lowest BCUT2D eigenvalue weighted by molar-refractivity contribution is -0.0162. The molecule has 22 heavy (non-hydrogen) atoms. The van der Waals surface area contributed by atoms with Crippen LogP contribution < -0.4 is 10.9 Å². The second kappa shape index (κ2) is 4.46. The molecule has 114 valence electrons. The van der Waals surface area contributed by atoms with Crippen molar-refractivity contribution >= 4 is 0 Å². The van der Waals surface area contributed by atoms with E-state index >= 15 is 0 Å². The number of H-pyrrole nitrogens is 1. The molecule has 2 N–H and O–H groups in total. The van der Waals surface area contributed by atoms with Gasteiger partial charge in [0.15, 0.2) is 0 Å². The fraction of sp³-hybridized carbons (Fsp3) is 0.375. The molecule has 1 saturated carbocycles. The number of hydrogen-bond donors (Lipinski definition) is 2. The van der Waals surface area contributed by atoms with Crippen molar-refractivity contribution < 1.29 is 8.78 Å². The fourth-order valence-corrected chi connectivity index (χ4v) is 3.16. The van der Waals surface area contributed by atoms with Gasteiger partial charge >= 0.3 is 5.92 Å². The summed E-state index contributed by atoms with van der Waals surface area (Å²) in [4.78, 5) is 19.1. The summed E-state index contributed by atoms with van der Waals surface area (Å²) in [5, 5.41) is 2.57. The van der Waals surface area contributed by atoms with Gasteiger partial charge in [0.25, 0.3) is 5.56 Å². The summed E-state index contributed by atoms with van der Waals surface area (Å²) < 4.78 is 28.2. The van der Waals surface area contributed by atoms with Gasteiger partial charge < -0.3 is 10.3 Å². The Morgan fingerprint density at radius 2 is 1.86 bits per heavy atom. The maximum atomic E-state index is 14.1. The maximum Gasteiger partial charge on any atom is 0.302 e. The third kappa shape index (κ3) is 1.90. The van der Waals surface area contributed by atoms with Crippen LogP contribution in [0.5, 0.6) is 0 Å². The predicted molar refractivity (Wildman–Crippen MR) is 76.9 cm³/mol. The molecule has 6 heteroatoms. The average Bonchev–Trinajstić information content (AvgIpc) is 3.30. The number of hydrogen-bond acceptors (Lipinski definition) is 3. The van der Waals surface area contributed by atoms with Gasteiger partial charge in [-0.05, 0) is 18.4 Å². The summed E-state index contributed by atoms with van der Waals surface area (Å²) in [6.07, 6.45) is 1.62. The lowest BCUT2D eigenvalue weighted by Gasteiger charge is -2.26. The monoisotopic (exact) mass is 303 g/mol. The van der Waals surface area contributed by atoms with Crippen molar-refractivity contribution in [3.63, 3.8) is 0 Å². The Kier molecular flexibility index (Phi) is 2.75. The zero-order chi connectivity index (χ0) is 15.4. The van der Waals surface area contributed by atoms with E-state index in [0.29, 0.717) is 5.82 Å². The van der Waals surface area contributed by atoms with Crippen LogP contribution >= 0.6 is 0 Å². The van der Waals surface area contributed by atoms with Gasteiger partial charge in [-0.3, -0.25) is 4.79 Å². The number of alkyl halides is 2. The maximum absolute atomic E-state index is 14.1. The SMILES string of the molecule is O=c1[nH]c(C2(c3ccccc3)CC2)nc2c1CNCC2(F)F. The molecule has 4 nitrogen and oxygen atoms in total. The number of halogens is 2. The first kappa shape index (κ1) is 13.6. The molecule has 0 spiro atoms. The summed E-state index contributed by atoms with van der Waals surface area (Å²) in [5.74, 6) is -2.74. The van der Waals surface area contributed by atoms with Crippen LogP contribution in [0, 0.1) is 0 Å². The van der Waals surface area contributed by atoms with Crippen LogP contribution in [0.3, 0.4) is 0 Å². The molecule has 1 fully saturated rings. The van der Waals surface area contributed by atoms with Gasteiger partial charge in [-0.2, -0.15) is 8.78 Å². The molecule has 1 aliphatic carbocycles. The van der Waals surface area contributed by atoms with E-state index in [-0.39, 0.29) is 17.8 Å². The van der Waals surface area contributed by atoms with Crippen molar-refractivity contribution in [3.8, 4) is 0 Å². The molecule has 0 unspecified atom stereocenters. The first-order valence-corrected chi connectivity index (χ1v) is 7.31. The number of fused-ring (bicyclic) bond motifs is 1. The summed E-state index contributed by atoms with van der Waals surface area (Å²) in [7, 11) is 0. The standard InChI is InChI=1S/C16H15F2N3O/c17-16(18)9-19-8-11-12(16)20-14(21-13(11)22)15(6-7-15)10-4-2-1-3-5-10/h1-5,19H,6-9H2,(H,20,21,22). The Labute approximate surface area is 125 Å². The van der Waals surface area contributed by atoms with Gasteiger partial charge in [0.2, 0.25) is 0 Å². The number of nitrogens with one attached hydrogen (secondary N) is 2. The molecular formula is C16H15F2N3O. The molecule has 0 saturated heterocycles. The molecule has 2 aliphatic rings. The van der Waals surface area contributed by atoms with Gasteiger partial charge in [0.05, 0.1) is 17.5 Å². The average molecular weight is 303 g/mol. The highest BCUT2D eigenvalue weighted by atomic mass is 19.3. The fourth-order valence-electron chi connectivity index (χ4n) is 3.16. The topological polar surface area (TPSA) is 57.8 Å². The van der Waals surface area contributed by atoms with Crippen LogP contribution in [0.25, 0.3) is 0 Å². The Bertz CT molecular complexity index is 782. The van der Waals surface area contributed by atoms with Crippen molar-refractivity contribution in [2.75, 3.05) is 6.54 Å². The van der Waals surface area contributed by atoms with E-state index in [4.69, 9.17) is 0 Å². The number of rotatable bonds is 2. The lowest BCUT2D eigenvalue weighted by atomic mass is 9.94. The summed E-state index contributed by atoms with van der Waals surface area (Å²) >= 11 is 0. The second-order valence-corrected chi connectivity index (χ2v) is 6.00. The van der Waals surface area contributed by atoms with Crippen LogP contribution in [0.1, 0.15) is 35.5 Å². The van der Waals surface area contributed by atoms with Crippen LogP contribution in [0.2, 0.25) is 0 Å². The molecule has 4 rings (SSSR count). The van der Waals surface area contributed by atoms with Gasteiger partial charge in [-0.25, -0.2) is 4.98 Å². The normalized spacial score (nSPS) is 21.2. The third-order valence-corrected chi connectivity index (χ3v) is 4.54. The number of aromatic amines is 1. The van der Waals surface area contributed by atoms with Crippen molar-refractivity contribution in [3.05, 3.63) is 63.3 Å². The number of aromatic nitrogens is 2. The first-order valence-electron chi connectivity index (χ1n) is 7.31. The Hall–Kier alpha value is -2.08. The van der Waals surface area contributed by atoms with Crippen LogP contribution in [-0.4, -0.2) is 16.5 Å². The Morgan fingerprint density at radius 3 is 2.55 bits per heavy atom. The van der Waals surface area contributed by atoms with Gasteiger partial charge in [0, 0.05) is 6.54 Å². The molecular weight excluding hydrogens is 288 g/mol. The van der Waals surface area contributed by atoms with E-state index in [1.165, 1.54) is 0 Å². The van der Waals surface area contributed by atoms with E-state index in [1.807, 2.05) is 30.3 Å². The van der Waals surface area contributed by atoms with Gasteiger partial charge in [-0.15, -0.1) is 0 Å². The van der Waals surface area contributed by atoms with Crippen LogP contribution in [0.4, 0.5) is 8.78 Å². The van der Waals surface area contributed by atoms with E-state index in [0.717, 1.165) is 18.4 Å². The quantitative estimate of drug-likeness (QED) is 0.892. The predicted octanol–water partition coefficient (Wildman–Crippen LogP) is 2.04. The van der Waals surface area contributed by atoms with Crippen LogP contribution in [-0.2, 0) is 17.9 Å². The minimum absolute atomic E-state index is 0.0452. The highest BCUT2D eigenvalue weighted by molar-refractivity contribution is 5.40. The zero-order valence-electron chi connectivity index (χ0n) is 11.8. The molecule has 2 heterocycles. The highest BCUT2D eigenvalue weighted by Gasteiger charge is 2.50. The van der Waals surface area contributed by atoms with E-state index in [1.54, 1.807) is 0 Å². The van der Waals surface area contributed by atoms with Gasteiger partial charge in [-0.1, -0.05) is 30.3 Å². The highest BCUT2D eigenvalue weighted by Crippen LogP contribution is 2.52. The van der Waals surface area contributed by atoms with Crippen molar-refractivity contribution in [2.24, 2.45) is 0 Å². The summed E-state index contributed by atoms with van der Waals surface area (Å²) in [5.41, 5.74) is -0.198. The molecule has 2 aromatic rings. The Balaban J connectivity index is 1.88. The first-order chi connectivity index (χ1) is 10.5. The van der Waals surface area contributed by atoms with E-state index in [9.17, 15) is 13.6 Å². The molecule has 0 amide bonds. The zero-order valence-corrected chi connectivity index (χ0v) is 11.8. The summed E-state index contributed by atoms with van der Waals surface area (Å²) in [6, 6.07) is 9.62. The minimum atomic E-state index is -3.11. The van der Waals surface area contributed by atoms with Gasteiger partial charge in [0.1, 0.15) is 11.5 Å². The largest absolute Gasteiger partial charge is 0.309 e. The minimum Gasteiger partial charge on any atom is -0.309 e. The molecule has 1 aliphatic heterocycles. The number of benzene rings is 1. The molecule has 1 aromatic heterocycles. The molecule has 0 radical (unpaired) electrons. The second-order valence-electron chi connectivity index (χ2n) is 6.00. The number of nitrogens with zero attached hydrogens (tertiary/aromatic N) is 1. The molecule has 1 aromatic carbocycles.